The van der Waals surface area contributed by atoms with Gasteiger partial charge in [-0.05, 0) is 25.0 Å². The van der Waals surface area contributed by atoms with Crippen LogP contribution >= 0.6 is 0 Å². The number of nitrogens with zero attached hydrogens (tertiary/aromatic N) is 1. The van der Waals surface area contributed by atoms with Gasteiger partial charge in [-0.25, -0.2) is 0 Å². The van der Waals surface area contributed by atoms with E-state index in [4.69, 9.17) is 5.11 Å². The summed E-state index contributed by atoms with van der Waals surface area (Å²) in [5.41, 5.74) is 1.96. The Kier molecular flexibility index (Phi) is 4.16. The number of carbonyl (C=O) groups is 2. The summed E-state index contributed by atoms with van der Waals surface area (Å²) in [5.74, 6) is -0.776. The van der Waals surface area contributed by atoms with Gasteiger partial charge in [0.05, 0.1) is 6.54 Å². The monoisotopic (exact) mass is 262 g/mol. The summed E-state index contributed by atoms with van der Waals surface area (Å²) in [6, 6.07) is 7.77. The van der Waals surface area contributed by atoms with Gasteiger partial charge in [0.2, 0.25) is 5.91 Å². The predicted molar refractivity (Wildman–Crippen MR) is 72.2 cm³/mol. The summed E-state index contributed by atoms with van der Waals surface area (Å²) in [5, 5.41) is 11.8. The molecule has 1 aromatic carbocycles. The number of para-hydroxylation sites is 1. The van der Waals surface area contributed by atoms with Gasteiger partial charge in [0, 0.05) is 24.7 Å². The van der Waals surface area contributed by atoms with E-state index in [2.05, 4.69) is 5.32 Å². The number of hydrogen-bond acceptors (Lipinski definition) is 3. The van der Waals surface area contributed by atoms with Crippen LogP contribution < -0.4 is 10.2 Å². The fourth-order valence-electron chi connectivity index (χ4n) is 2.30. The Hall–Kier alpha value is -1.88. The summed E-state index contributed by atoms with van der Waals surface area (Å²) < 4.78 is 0. The highest BCUT2D eigenvalue weighted by Gasteiger charge is 2.27. The van der Waals surface area contributed by atoms with E-state index in [0.29, 0.717) is 13.0 Å². The molecule has 0 bridgehead atoms. The average Bonchev–Trinajstić information content (AvgIpc) is 2.38. The zero-order valence-electron chi connectivity index (χ0n) is 10.9. The number of aryl methyl sites for hydroxylation is 1. The fourth-order valence-corrected chi connectivity index (χ4v) is 2.30. The van der Waals surface area contributed by atoms with E-state index in [1.807, 2.05) is 31.2 Å². The highest BCUT2D eigenvalue weighted by atomic mass is 16.4. The van der Waals surface area contributed by atoms with Crippen molar-refractivity contribution in [2.75, 3.05) is 18.0 Å². The average molecular weight is 262 g/mol. The first-order valence-corrected chi connectivity index (χ1v) is 6.39. The minimum atomic E-state index is -0.804. The Morgan fingerprint density at radius 1 is 1.47 bits per heavy atom. The summed E-state index contributed by atoms with van der Waals surface area (Å²) in [7, 11) is 0. The minimum absolute atomic E-state index is 0.0286. The third-order valence-electron chi connectivity index (χ3n) is 3.36. The zero-order chi connectivity index (χ0) is 13.8. The highest BCUT2D eigenvalue weighted by Crippen LogP contribution is 2.21. The van der Waals surface area contributed by atoms with Crippen molar-refractivity contribution < 1.29 is 14.7 Å². The second-order valence-electron chi connectivity index (χ2n) is 4.80. The Morgan fingerprint density at radius 2 is 2.21 bits per heavy atom. The third-order valence-corrected chi connectivity index (χ3v) is 3.36. The van der Waals surface area contributed by atoms with Crippen molar-refractivity contribution in [2.45, 2.75) is 25.8 Å². The number of benzene rings is 1. The van der Waals surface area contributed by atoms with Gasteiger partial charge >= 0.3 is 5.97 Å². The smallest absolute Gasteiger partial charge is 0.303 e. The van der Waals surface area contributed by atoms with Crippen molar-refractivity contribution >= 4 is 17.6 Å². The van der Waals surface area contributed by atoms with Crippen LogP contribution in [0.1, 0.15) is 18.4 Å². The summed E-state index contributed by atoms with van der Waals surface area (Å²) in [6.07, 6.45) is 0.651. The number of aliphatic carboxylic acids is 1. The Labute approximate surface area is 112 Å². The maximum atomic E-state index is 12.0. The van der Waals surface area contributed by atoms with E-state index >= 15 is 0 Å². The largest absolute Gasteiger partial charge is 0.481 e. The van der Waals surface area contributed by atoms with E-state index in [1.165, 1.54) is 0 Å². The first-order valence-electron chi connectivity index (χ1n) is 6.39. The Balaban J connectivity index is 2.09. The number of piperazine rings is 1. The quantitative estimate of drug-likeness (QED) is 0.854. The molecule has 1 aliphatic heterocycles. The number of hydrogen-bond donors (Lipinski definition) is 2. The lowest BCUT2D eigenvalue weighted by Gasteiger charge is -2.34. The van der Waals surface area contributed by atoms with Crippen LogP contribution in [0.5, 0.6) is 0 Å². The van der Waals surface area contributed by atoms with Crippen LogP contribution in [0.2, 0.25) is 0 Å². The molecule has 1 heterocycles. The lowest BCUT2D eigenvalue weighted by Crippen LogP contribution is -2.54. The standard InChI is InChI=1S/C14H18N2O3/c1-10-4-2-3-5-12(10)16-9-11(6-7-14(18)19)15-8-13(16)17/h2-5,11,15H,6-9H2,1H3,(H,18,19). The minimum Gasteiger partial charge on any atom is -0.481 e. The summed E-state index contributed by atoms with van der Waals surface area (Å²) in [4.78, 5) is 24.3. The predicted octanol–water partition coefficient (Wildman–Crippen LogP) is 1.16. The molecule has 1 atom stereocenters. The van der Waals surface area contributed by atoms with Crippen molar-refractivity contribution in [1.29, 1.82) is 0 Å². The molecule has 1 saturated heterocycles. The van der Waals surface area contributed by atoms with Crippen molar-refractivity contribution in [3.05, 3.63) is 29.8 Å². The van der Waals surface area contributed by atoms with E-state index in [0.717, 1.165) is 11.3 Å². The molecule has 5 heteroatoms. The maximum absolute atomic E-state index is 12.0. The van der Waals surface area contributed by atoms with Crippen LogP contribution in [-0.2, 0) is 9.59 Å². The van der Waals surface area contributed by atoms with Gasteiger partial charge in [-0.1, -0.05) is 18.2 Å². The van der Waals surface area contributed by atoms with Crippen LogP contribution in [0.15, 0.2) is 24.3 Å². The van der Waals surface area contributed by atoms with Crippen LogP contribution in [0.25, 0.3) is 0 Å². The molecule has 1 amide bonds. The lowest BCUT2D eigenvalue weighted by molar-refractivity contribution is -0.137. The molecule has 2 rings (SSSR count). The first-order chi connectivity index (χ1) is 9.08. The summed E-state index contributed by atoms with van der Waals surface area (Å²) >= 11 is 0. The SMILES string of the molecule is Cc1ccccc1N1CC(CCC(=O)O)NCC1=O. The molecule has 0 radical (unpaired) electrons. The zero-order valence-corrected chi connectivity index (χ0v) is 10.9. The van der Waals surface area contributed by atoms with Crippen LogP contribution in [-0.4, -0.2) is 36.1 Å². The molecular formula is C14H18N2O3. The third kappa shape index (κ3) is 3.32. The number of carbonyl (C=O) groups excluding carboxylic acids is 1. The highest BCUT2D eigenvalue weighted by molar-refractivity contribution is 5.96. The van der Waals surface area contributed by atoms with Gasteiger partial charge in [0.15, 0.2) is 0 Å². The Bertz CT molecular complexity index is 487. The van der Waals surface area contributed by atoms with Crippen LogP contribution in [0.3, 0.4) is 0 Å². The molecule has 2 N–H and O–H groups in total. The van der Waals surface area contributed by atoms with Gasteiger partial charge < -0.3 is 15.3 Å². The molecule has 0 aromatic heterocycles. The molecule has 0 aliphatic carbocycles. The molecule has 0 spiro atoms. The topological polar surface area (TPSA) is 69.6 Å². The van der Waals surface area contributed by atoms with Crippen molar-refractivity contribution in [2.24, 2.45) is 0 Å². The molecule has 1 aromatic rings. The van der Waals surface area contributed by atoms with Gasteiger partial charge in [0.25, 0.3) is 0 Å². The van der Waals surface area contributed by atoms with E-state index in [-0.39, 0.29) is 24.9 Å². The number of amides is 1. The Morgan fingerprint density at radius 3 is 2.89 bits per heavy atom. The van der Waals surface area contributed by atoms with E-state index in [9.17, 15) is 9.59 Å². The normalized spacial score (nSPS) is 19.5. The molecule has 1 unspecified atom stereocenters. The molecule has 1 fully saturated rings. The van der Waals surface area contributed by atoms with Gasteiger partial charge in [-0.3, -0.25) is 9.59 Å². The number of carboxylic acid groups (broad SMARTS) is 1. The van der Waals surface area contributed by atoms with Gasteiger partial charge in [0.1, 0.15) is 0 Å². The lowest BCUT2D eigenvalue weighted by atomic mass is 10.1. The van der Waals surface area contributed by atoms with E-state index in [1.54, 1.807) is 4.90 Å². The molecule has 102 valence electrons. The van der Waals surface area contributed by atoms with Gasteiger partial charge in [-0.2, -0.15) is 0 Å². The number of carboxylic acids is 1. The fraction of sp³-hybridized carbons (Fsp3) is 0.429. The molecular weight excluding hydrogens is 244 g/mol. The molecule has 19 heavy (non-hydrogen) atoms. The van der Waals surface area contributed by atoms with Crippen molar-refractivity contribution in [3.8, 4) is 0 Å². The maximum Gasteiger partial charge on any atom is 0.303 e. The second kappa shape index (κ2) is 5.84. The van der Waals surface area contributed by atoms with Gasteiger partial charge in [-0.15, -0.1) is 0 Å². The van der Waals surface area contributed by atoms with Crippen molar-refractivity contribution in [3.63, 3.8) is 0 Å². The number of rotatable bonds is 4. The number of anilines is 1. The molecule has 1 aliphatic rings. The van der Waals surface area contributed by atoms with Crippen molar-refractivity contribution in [1.82, 2.24) is 5.32 Å². The number of nitrogens with one attached hydrogen (secondary N) is 1. The first kappa shape index (κ1) is 13.5. The van der Waals surface area contributed by atoms with Crippen LogP contribution in [0, 0.1) is 6.92 Å². The second-order valence-corrected chi connectivity index (χ2v) is 4.80. The summed E-state index contributed by atoms with van der Waals surface area (Å²) in [6.45, 7) is 2.76. The molecule has 0 saturated carbocycles. The van der Waals surface area contributed by atoms with E-state index < -0.39 is 5.97 Å². The molecule has 5 nitrogen and oxygen atoms in total. The van der Waals surface area contributed by atoms with Crippen LogP contribution in [0.4, 0.5) is 5.69 Å².